The zero-order valence-electron chi connectivity index (χ0n) is 23.7. The quantitative estimate of drug-likeness (QED) is 0.471. The molecule has 1 aromatic rings. The third-order valence-electron chi connectivity index (χ3n) is 9.84. The minimum Gasteiger partial charge on any atom is -0.458 e. The summed E-state index contributed by atoms with van der Waals surface area (Å²) in [5, 5.41) is 0. The maximum absolute atomic E-state index is 13.8. The van der Waals surface area contributed by atoms with Crippen LogP contribution in [0, 0.1) is 17.3 Å². The minimum absolute atomic E-state index is 0.0222. The van der Waals surface area contributed by atoms with Gasteiger partial charge in [-0.05, 0) is 85.3 Å². The average molecular weight is 534 g/mol. The SMILES string of the molecule is CC(=O)OCC(=O)[C@@]1(OC(C)=O)CC[C@H]2[C@@H]3CCC4=CC(=O)CCC4=C3C(c3ccc(N(C)C)cc3)C[C@@]21C. The van der Waals surface area contributed by atoms with Gasteiger partial charge in [-0.2, -0.15) is 0 Å². The first-order valence-corrected chi connectivity index (χ1v) is 14.1. The van der Waals surface area contributed by atoms with Gasteiger partial charge in [0.25, 0.3) is 0 Å². The second kappa shape index (κ2) is 10.1. The van der Waals surface area contributed by atoms with Crippen LogP contribution in [0.4, 0.5) is 5.69 Å². The summed E-state index contributed by atoms with van der Waals surface area (Å²) in [6, 6.07) is 8.58. The number of allylic oxidation sites excluding steroid dienone is 4. The number of anilines is 1. The number of fused-ring (bicyclic) bond motifs is 4. The molecule has 0 N–H and O–H groups in total. The van der Waals surface area contributed by atoms with Crippen molar-refractivity contribution in [1.82, 2.24) is 0 Å². The number of esters is 2. The molecule has 0 radical (unpaired) electrons. The third-order valence-corrected chi connectivity index (χ3v) is 9.84. The third kappa shape index (κ3) is 4.53. The van der Waals surface area contributed by atoms with Crippen molar-refractivity contribution in [1.29, 1.82) is 0 Å². The van der Waals surface area contributed by atoms with Gasteiger partial charge in [0.1, 0.15) is 0 Å². The number of benzene rings is 1. The molecule has 0 amide bonds. The number of rotatable bonds is 6. The van der Waals surface area contributed by atoms with E-state index in [0.717, 1.165) is 31.4 Å². The van der Waals surface area contributed by atoms with Crippen LogP contribution in [-0.2, 0) is 28.7 Å². The highest BCUT2D eigenvalue weighted by molar-refractivity contribution is 5.94. The van der Waals surface area contributed by atoms with Crippen LogP contribution in [-0.4, -0.2) is 49.8 Å². The van der Waals surface area contributed by atoms with Crippen LogP contribution >= 0.6 is 0 Å². The van der Waals surface area contributed by atoms with Gasteiger partial charge >= 0.3 is 11.9 Å². The van der Waals surface area contributed by atoms with Gasteiger partial charge in [0.15, 0.2) is 18.0 Å². The van der Waals surface area contributed by atoms with Crippen LogP contribution in [0.3, 0.4) is 0 Å². The summed E-state index contributed by atoms with van der Waals surface area (Å²) in [4.78, 5) is 52.3. The summed E-state index contributed by atoms with van der Waals surface area (Å²) in [6.07, 6.45) is 6.68. The van der Waals surface area contributed by atoms with E-state index in [1.807, 2.05) is 20.2 Å². The van der Waals surface area contributed by atoms with Crippen molar-refractivity contribution in [2.24, 2.45) is 17.3 Å². The molecule has 0 aromatic heterocycles. The molecule has 7 nitrogen and oxygen atoms in total. The number of ketones is 2. The van der Waals surface area contributed by atoms with Crippen LogP contribution in [0.2, 0.25) is 0 Å². The van der Waals surface area contributed by atoms with Gasteiger partial charge in [-0.15, -0.1) is 0 Å². The smallest absolute Gasteiger partial charge is 0.303 e. The summed E-state index contributed by atoms with van der Waals surface area (Å²) in [6.45, 7) is 4.33. The molecule has 5 rings (SSSR count). The van der Waals surface area contributed by atoms with Crippen molar-refractivity contribution in [2.45, 2.75) is 77.2 Å². The van der Waals surface area contributed by atoms with E-state index in [1.165, 1.54) is 36.1 Å². The summed E-state index contributed by atoms with van der Waals surface area (Å²) < 4.78 is 11.2. The first-order valence-electron chi connectivity index (χ1n) is 14.1. The van der Waals surface area contributed by atoms with Crippen LogP contribution in [0.25, 0.3) is 0 Å². The Bertz CT molecular complexity index is 1270. The number of nitrogens with zero attached hydrogens (tertiary/aromatic N) is 1. The van der Waals surface area contributed by atoms with Crippen LogP contribution < -0.4 is 4.90 Å². The summed E-state index contributed by atoms with van der Waals surface area (Å²) in [7, 11) is 4.03. The Morgan fingerprint density at radius 2 is 1.72 bits per heavy atom. The fourth-order valence-corrected chi connectivity index (χ4v) is 8.16. The highest BCUT2D eigenvalue weighted by Gasteiger charge is 2.68. The Morgan fingerprint density at radius 3 is 2.36 bits per heavy atom. The largest absolute Gasteiger partial charge is 0.458 e. The summed E-state index contributed by atoms with van der Waals surface area (Å²) in [5.41, 5.74) is 4.19. The molecular weight excluding hydrogens is 494 g/mol. The van der Waals surface area contributed by atoms with Gasteiger partial charge in [-0.1, -0.05) is 24.6 Å². The van der Waals surface area contributed by atoms with Gasteiger partial charge in [-0.3, -0.25) is 19.2 Å². The van der Waals surface area contributed by atoms with Gasteiger partial charge in [0.05, 0.1) is 0 Å². The van der Waals surface area contributed by atoms with Crippen LogP contribution in [0.15, 0.2) is 47.1 Å². The molecule has 5 atom stereocenters. The highest BCUT2D eigenvalue weighted by Crippen LogP contribution is 2.67. The second-order valence-electron chi connectivity index (χ2n) is 12.1. The second-order valence-corrected chi connectivity index (χ2v) is 12.1. The number of hydrogen-bond donors (Lipinski definition) is 0. The van der Waals surface area contributed by atoms with E-state index in [0.29, 0.717) is 19.3 Å². The first kappa shape index (κ1) is 27.4. The molecule has 4 aliphatic rings. The van der Waals surface area contributed by atoms with Gasteiger partial charge in [-0.25, -0.2) is 0 Å². The van der Waals surface area contributed by atoms with E-state index in [9.17, 15) is 19.2 Å². The van der Waals surface area contributed by atoms with Crippen molar-refractivity contribution >= 4 is 29.2 Å². The first-order chi connectivity index (χ1) is 18.5. The van der Waals surface area contributed by atoms with Crippen molar-refractivity contribution < 1.29 is 28.7 Å². The number of ether oxygens (including phenoxy) is 2. The van der Waals surface area contributed by atoms with E-state index in [2.05, 4.69) is 36.1 Å². The highest BCUT2D eigenvalue weighted by atomic mass is 16.6. The number of Topliss-reactive ketones (excluding diaryl/α,β-unsaturated/α-hetero) is 1. The molecule has 0 saturated heterocycles. The number of hydrogen-bond acceptors (Lipinski definition) is 7. The maximum Gasteiger partial charge on any atom is 0.303 e. The lowest BCUT2D eigenvalue weighted by molar-refractivity contribution is -0.186. The summed E-state index contributed by atoms with van der Waals surface area (Å²) >= 11 is 0. The number of carbonyl (C=O) groups excluding carboxylic acids is 4. The van der Waals surface area contributed by atoms with Crippen molar-refractivity contribution in [3.05, 3.63) is 52.6 Å². The average Bonchev–Trinajstić information content (AvgIpc) is 3.18. The predicted octanol–water partition coefficient (Wildman–Crippen LogP) is 5.09. The zero-order valence-corrected chi connectivity index (χ0v) is 23.7. The van der Waals surface area contributed by atoms with Crippen molar-refractivity contribution in [3.8, 4) is 0 Å². The van der Waals surface area contributed by atoms with E-state index in [4.69, 9.17) is 9.47 Å². The van der Waals surface area contributed by atoms with E-state index >= 15 is 0 Å². The lowest BCUT2D eigenvalue weighted by Gasteiger charge is -2.55. The molecule has 0 aliphatic heterocycles. The number of carbonyl (C=O) groups is 4. The Hall–Kier alpha value is -3.22. The Kier molecular flexibility index (Phi) is 7.06. The molecular formula is C32H39NO6. The Labute approximate surface area is 230 Å². The van der Waals surface area contributed by atoms with Gasteiger partial charge < -0.3 is 14.4 Å². The minimum atomic E-state index is -1.35. The predicted molar refractivity (Wildman–Crippen MR) is 147 cm³/mol. The molecule has 4 aliphatic carbocycles. The normalized spacial score (nSPS) is 31.5. The molecule has 1 aromatic carbocycles. The molecule has 0 bridgehead atoms. The molecule has 0 spiro atoms. The van der Waals surface area contributed by atoms with Crippen LogP contribution in [0.1, 0.15) is 77.2 Å². The zero-order chi connectivity index (χ0) is 28.1. The molecule has 2 saturated carbocycles. The fourth-order valence-electron chi connectivity index (χ4n) is 8.16. The fraction of sp³-hybridized carbons (Fsp3) is 0.562. The van der Waals surface area contributed by atoms with E-state index in [1.54, 1.807) is 0 Å². The molecule has 7 heteroatoms. The molecule has 39 heavy (non-hydrogen) atoms. The Balaban J connectivity index is 1.66. The lowest BCUT2D eigenvalue weighted by Crippen LogP contribution is -2.58. The van der Waals surface area contributed by atoms with E-state index in [-0.39, 0.29) is 29.3 Å². The molecule has 0 heterocycles. The van der Waals surface area contributed by atoms with Gasteiger partial charge in [0.2, 0.25) is 5.78 Å². The Morgan fingerprint density at radius 1 is 1.00 bits per heavy atom. The monoisotopic (exact) mass is 533 g/mol. The van der Waals surface area contributed by atoms with E-state index < -0.39 is 29.6 Å². The lowest BCUT2D eigenvalue weighted by atomic mass is 9.50. The van der Waals surface area contributed by atoms with Crippen molar-refractivity contribution in [3.63, 3.8) is 0 Å². The van der Waals surface area contributed by atoms with Crippen LogP contribution in [0.5, 0.6) is 0 Å². The van der Waals surface area contributed by atoms with Crippen molar-refractivity contribution in [2.75, 3.05) is 25.6 Å². The topological polar surface area (TPSA) is 90.0 Å². The molecule has 208 valence electrons. The van der Waals surface area contributed by atoms with Gasteiger partial charge in [0, 0.05) is 51.4 Å². The molecule has 2 fully saturated rings. The maximum atomic E-state index is 13.8. The molecule has 1 unspecified atom stereocenters. The summed E-state index contributed by atoms with van der Waals surface area (Å²) in [5.74, 6) is -0.785. The standard InChI is InChI=1S/C32H39NO6/c1-19(34)38-18-29(37)32(39-20(2)35)15-14-28-26-12-8-22-16-24(36)11-13-25(22)30(26)27(17-31(28,32)3)21-6-9-23(10-7-21)33(4)5/h6-7,9-10,16,26-28H,8,11-15,17-18H2,1-5H3/t26-,27?,28-,31-,32-/m0/s1.